The van der Waals surface area contributed by atoms with Gasteiger partial charge in [-0.3, -0.25) is 9.59 Å². The van der Waals surface area contributed by atoms with E-state index in [-0.39, 0.29) is 73.9 Å². The summed E-state index contributed by atoms with van der Waals surface area (Å²) in [7, 11) is 3.30. The van der Waals surface area contributed by atoms with E-state index in [1.807, 2.05) is 6.92 Å². The lowest BCUT2D eigenvalue weighted by Crippen LogP contribution is -2.67. The third kappa shape index (κ3) is 6.66. The van der Waals surface area contributed by atoms with Gasteiger partial charge in [-0.15, -0.1) is 0 Å². The molecule has 1 aliphatic carbocycles. The average molecular weight is 402 g/mol. The molecular weight excluding hydrogens is 362 g/mol. The smallest absolute Gasteiger partial charge is 0.221 e. The SMILES string of the molecule is CO[C@@H]1C(CCCCN)[C@H](OC)[C@H](NC(=O)CCN)C(C)[C@@H]1NC(=O)CCN. The molecule has 8 N–H and O–H groups in total. The Hall–Kier alpha value is -1.26. The van der Waals surface area contributed by atoms with Crippen LogP contribution in [0, 0.1) is 11.8 Å². The van der Waals surface area contributed by atoms with E-state index in [4.69, 9.17) is 26.7 Å². The maximum absolute atomic E-state index is 12.3. The van der Waals surface area contributed by atoms with Crippen molar-refractivity contribution in [1.82, 2.24) is 10.6 Å². The van der Waals surface area contributed by atoms with E-state index in [1.165, 1.54) is 0 Å². The van der Waals surface area contributed by atoms with Gasteiger partial charge in [0.1, 0.15) is 0 Å². The average Bonchev–Trinajstić information content (AvgIpc) is 2.66. The number of methoxy groups -OCH3 is 2. The number of hydrogen-bond donors (Lipinski definition) is 5. The van der Waals surface area contributed by atoms with Crippen LogP contribution in [0.25, 0.3) is 0 Å². The van der Waals surface area contributed by atoms with Crippen LogP contribution >= 0.6 is 0 Å². The largest absolute Gasteiger partial charge is 0.379 e. The van der Waals surface area contributed by atoms with Gasteiger partial charge >= 0.3 is 0 Å². The van der Waals surface area contributed by atoms with Crippen LogP contribution in [0.3, 0.4) is 0 Å². The highest BCUT2D eigenvalue weighted by Crippen LogP contribution is 2.36. The van der Waals surface area contributed by atoms with Crippen molar-refractivity contribution in [3.05, 3.63) is 0 Å². The van der Waals surface area contributed by atoms with Crippen molar-refractivity contribution in [3.63, 3.8) is 0 Å². The standard InChI is InChI=1S/C19H39N5O4/c1-12-16(23-14(25)7-10-21)18(27-2)13(6-4-5-9-20)19(28-3)17(12)24-15(26)8-11-22/h12-13,16-19H,4-11,20-22H2,1-3H3,(H,23,25)(H,24,26)/t12?,13?,16-,17+,18+,19-. The second-order valence-corrected chi connectivity index (χ2v) is 7.47. The number of carbonyl (C=O) groups excluding carboxylic acids is 2. The third-order valence-corrected chi connectivity index (χ3v) is 5.62. The molecule has 1 saturated carbocycles. The molecule has 0 saturated heterocycles. The van der Waals surface area contributed by atoms with Crippen molar-refractivity contribution in [2.24, 2.45) is 29.0 Å². The predicted octanol–water partition coefficient (Wildman–Crippen LogP) is -0.921. The highest BCUT2D eigenvalue weighted by Gasteiger charge is 2.50. The van der Waals surface area contributed by atoms with E-state index in [0.717, 1.165) is 19.3 Å². The zero-order chi connectivity index (χ0) is 21.1. The van der Waals surface area contributed by atoms with Gasteiger partial charge in [-0.1, -0.05) is 13.3 Å². The molecule has 9 nitrogen and oxygen atoms in total. The molecule has 28 heavy (non-hydrogen) atoms. The number of unbranched alkanes of at least 4 members (excludes halogenated alkanes) is 1. The van der Waals surface area contributed by atoms with Crippen LogP contribution in [0.15, 0.2) is 0 Å². The third-order valence-electron chi connectivity index (χ3n) is 5.62. The van der Waals surface area contributed by atoms with Crippen molar-refractivity contribution < 1.29 is 19.1 Å². The van der Waals surface area contributed by atoms with Gasteiger partial charge in [0.2, 0.25) is 11.8 Å². The first-order chi connectivity index (χ1) is 13.4. The van der Waals surface area contributed by atoms with Crippen molar-refractivity contribution in [2.45, 2.75) is 63.3 Å². The maximum atomic E-state index is 12.3. The van der Waals surface area contributed by atoms with Gasteiger partial charge in [0, 0.05) is 52.0 Å². The first kappa shape index (κ1) is 24.8. The Balaban J connectivity index is 3.14. The van der Waals surface area contributed by atoms with E-state index in [2.05, 4.69) is 10.6 Å². The Bertz CT molecular complexity index is 443. The topological polar surface area (TPSA) is 155 Å². The molecular formula is C19H39N5O4. The predicted molar refractivity (Wildman–Crippen MR) is 108 cm³/mol. The molecule has 0 aromatic heterocycles. The number of nitrogens with one attached hydrogen (secondary N) is 2. The molecule has 2 amide bonds. The van der Waals surface area contributed by atoms with E-state index >= 15 is 0 Å². The number of rotatable bonds is 12. The lowest BCUT2D eigenvalue weighted by molar-refractivity contribution is -0.140. The number of nitrogens with two attached hydrogens (primary N) is 3. The molecule has 2 unspecified atom stereocenters. The fourth-order valence-corrected chi connectivity index (χ4v) is 4.24. The molecule has 0 spiro atoms. The molecule has 0 aliphatic heterocycles. The second kappa shape index (κ2) is 13.1. The minimum Gasteiger partial charge on any atom is -0.379 e. The zero-order valence-corrected chi connectivity index (χ0v) is 17.5. The Morgan fingerprint density at radius 2 is 1.29 bits per heavy atom. The summed E-state index contributed by atoms with van der Waals surface area (Å²) in [6.45, 7) is 3.17. The number of amides is 2. The highest BCUT2D eigenvalue weighted by atomic mass is 16.5. The fourth-order valence-electron chi connectivity index (χ4n) is 4.24. The quantitative estimate of drug-likeness (QED) is 0.265. The molecule has 1 fully saturated rings. The van der Waals surface area contributed by atoms with Crippen LogP contribution in [0.2, 0.25) is 0 Å². The molecule has 164 valence electrons. The van der Waals surface area contributed by atoms with Crippen LogP contribution in [0.5, 0.6) is 0 Å². The molecule has 1 aliphatic rings. The van der Waals surface area contributed by atoms with E-state index in [0.29, 0.717) is 6.54 Å². The Morgan fingerprint density at radius 3 is 1.64 bits per heavy atom. The van der Waals surface area contributed by atoms with E-state index < -0.39 is 0 Å². The van der Waals surface area contributed by atoms with Gasteiger partial charge in [0.25, 0.3) is 0 Å². The molecule has 1 rings (SSSR count). The van der Waals surface area contributed by atoms with Crippen molar-refractivity contribution >= 4 is 11.8 Å². The highest BCUT2D eigenvalue weighted by molar-refractivity contribution is 5.77. The number of ether oxygens (including phenoxy) is 2. The number of hydrogen-bond acceptors (Lipinski definition) is 7. The van der Waals surface area contributed by atoms with Gasteiger partial charge in [-0.2, -0.15) is 0 Å². The molecule has 6 atom stereocenters. The molecule has 0 heterocycles. The first-order valence-electron chi connectivity index (χ1n) is 10.2. The van der Waals surface area contributed by atoms with Crippen molar-refractivity contribution in [1.29, 1.82) is 0 Å². The van der Waals surface area contributed by atoms with Crippen molar-refractivity contribution in [3.8, 4) is 0 Å². The summed E-state index contributed by atoms with van der Waals surface area (Å²) in [5, 5.41) is 6.14. The summed E-state index contributed by atoms with van der Waals surface area (Å²) >= 11 is 0. The van der Waals surface area contributed by atoms with Crippen LogP contribution < -0.4 is 27.8 Å². The summed E-state index contributed by atoms with van der Waals surface area (Å²) in [4.78, 5) is 24.5. The fraction of sp³-hybridized carbons (Fsp3) is 0.895. The van der Waals surface area contributed by atoms with E-state index in [9.17, 15) is 9.59 Å². The minimum absolute atomic E-state index is 0.00380. The molecule has 0 aromatic carbocycles. The molecule has 9 heteroatoms. The summed E-state index contributed by atoms with van der Waals surface area (Å²) in [5.41, 5.74) is 16.7. The molecule has 0 radical (unpaired) electrons. The lowest BCUT2D eigenvalue weighted by atomic mass is 9.69. The monoisotopic (exact) mass is 401 g/mol. The number of carbonyl (C=O) groups is 2. The van der Waals surface area contributed by atoms with Gasteiger partial charge in [0.15, 0.2) is 0 Å². The summed E-state index contributed by atoms with van der Waals surface area (Å²) in [6, 6.07) is -0.525. The summed E-state index contributed by atoms with van der Waals surface area (Å²) in [5.74, 6) is -0.330. The van der Waals surface area contributed by atoms with Crippen molar-refractivity contribution in [2.75, 3.05) is 33.9 Å². The summed E-state index contributed by atoms with van der Waals surface area (Å²) < 4.78 is 11.7. The Morgan fingerprint density at radius 1 is 0.821 bits per heavy atom. The van der Waals surface area contributed by atoms with Gasteiger partial charge < -0.3 is 37.3 Å². The molecule has 0 aromatic rings. The lowest BCUT2D eigenvalue weighted by Gasteiger charge is -2.50. The zero-order valence-electron chi connectivity index (χ0n) is 17.5. The van der Waals surface area contributed by atoms with Gasteiger partial charge in [-0.25, -0.2) is 0 Å². The van der Waals surface area contributed by atoms with E-state index in [1.54, 1.807) is 14.2 Å². The molecule has 0 bridgehead atoms. The normalized spacial score (nSPS) is 30.1. The Kier molecular flexibility index (Phi) is 11.6. The summed E-state index contributed by atoms with van der Waals surface area (Å²) in [6.07, 6.45) is 2.66. The minimum atomic E-state index is -0.262. The Labute approximate surface area is 168 Å². The first-order valence-corrected chi connectivity index (χ1v) is 10.2. The van der Waals surface area contributed by atoms with Crippen LogP contribution in [0.4, 0.5) is 0 Å². The maximum Gasteiger partial charge on any atom is 0.221 e. The second-order valence-electron chi connectivity index (χ2n) is 7.47. The van der Waals surface area contributed by atoms with Crippen LogP contribution in [-0.4, -0.2) is 70.0 Å². The van der Waals surface area contributed by atoms with Crippen LogP contribution in [-0.2, 0) is 19.1 Å². The van der Waals surface area contributed by atoms with Crippen LogP contribution in [0.1, 0.15) is 39.0 Å². The van der Waals surface area contributed by atoms with Gasteiger partial charge in [-0.05, 0) is 19.4 Å². The van der Waals surface area contributed by atoms with Gasteiger partial charge in [0.05, 0.1) is 24.3 Å².